The summed E-state index contributed by atoms with van der Waals surface area (Å²) in [6.45, 7) is 7.66. The molecule has 0 aliphatic carbocycles. The van der Waals surface area contributed by atoms with Crippen LogP contribution in [0.15, 0.2) is 30.3 Å². The van der Waals surface area contributed by atoms with Gasteiger partial charge in [-0.1, -0.05) is 6.07 Å². The lowest BCUT2D eigenvalue weighted by Crippen LogP contribution is -2.25. The molecule has 0 fully saturated rings. The van der Waals surface area contributed by atoms with Crippen molar-refractivity contribution in [2.75, 3.05) is 5.32 Å². The van der Waals surface area contributed by atoms with E-state index in [0.717, 1.165) is 17.8 Å². The van der Waals surface area contributed by atoms with E-state index >= 15 is 0 Å². The van der Waals surface area contributed by atoms with Gasteiger partial charge in [-0.25, -0.2) is 0 Å². The summed E-state index contributed by atoms with van der Waals surface area (Å²) in [4.78, 5) is 12.2. The van der Waals surface area contributed by atoms with Gasteiger partial charge in [0.2, 0.25) is 0 Å². The molecular formula is C16H18F3N3O. The van der Waals surface area contributed by atoms with Crippen molar-refractivity contribution in [1.82, 2.24) is 9.78 Å². The number of nitrogens with one attached hydrogen (secondary N) is 1. The lowest BCUT2D eigenvalue weighted by molar-refractivity contribution is -0.137. The van der Waals surface area contributed by atoms with Gasteiger partial charge in [0.05, 0.1) is 11.1 Å². The summed E-state index contributed by atoms with van der Waals surface area (Å²) in [6, 6.07) is 6.10. The van der Waals surface area contributed by atoms with Crippen molar-refractivity contribution in [2.45, 2.75) is 39.4 Å². The number of aromatic nitrogens is 2. The molecule has 0 spiro atoms. The molecule has 2 aromatic rings. The second-order valence-corrected chi connectivity index (χ2v) is 6.29. The number of carbonyl (C=O) groups excluding carboxylic acids is 1. The average Bonchev–Trinajstić information content (AvgIpc) is 2.80. The van der Waals surface area contributed by atoms with E-state index < -0.39 is 17.6 Å². The fourth-order valence-corrected chi connectivity index (χ4v) is 2.23. The van der Waals surface area contributed by atoms with E-state index in [1.807, 2.05) is 27.7 Å². The molecule has 124 valence electrons. The third kappa shape index (κ3) is 3.91. The van der Waals surface area contributed by atoms with Gasteiger partial charge in [0, 0.05) is 11.4 Å². The van der Waals surface area contributed by atoms with Gasteiger partial charge >= 0.3 is 6.18 Å². The third-order valence-corrected chi connectivity index (χ3v) is 3.20. The predicted molar refractivity (Wildman–Crippen MR) is 81.4 cm³/mol. The summed E-state index contributed by atoms with van der Waals surface area (Å²) in [6.07, 6.45) is -4.45. The Kier molecular flexibility index (Phi) is 4.24. The Bertz CT molecular complexity index is 727. The van der Waals surface area contributed by atoms with Crippen molar-refractivity contribution in [1.29, 1.82) is 0 Å². The van der Waals surface area contributed by atoms with Gasteiger partial charge in [0.1, 0.15) is 0 Å². The molecule has 23 heavy (non-hydrogen) atoms. The summed E-state index contributed by atoms with van der Waals surface area (Å²) >= 11 is 0. The number of benzene rings is 1. The number of aryl methyl sites for hydroxylation is 1. The minimum Gasteiger partial charge on any atom is -0.321 e. The van der Waals surface area contributed by atoms with Crippen molar-refractivity contribution in [3.63, 3.8) is 0 Å². The molecule has 4 nitrogen and oxygen atoms in total. The van der Waals surface area contributed by atoms with Crippen LogP contribution >= 0.6 is 0 Å². The number of carbonyl (C=O) groups is 1. The molecule has 0 atom stereocenters. The Morgan fingerprint density at radius 1 is 1.17 bits per heavy atom. The van der Waals surface area contributed by atoms with Crippen molar-refractivity contribution >= 4 is 11.6 Å². The number of hydrogen-bond acceptors (Lipinski definition) is 2. The lowest BCUT2D eigenvalue weighted by Gasteiger charge is -2.21. The summed E-state index contributed by atoms with van der Waals surface area (Å²) in [7, 11) is 0. The standard InChI is InChI=1S/C16H18F3N3O/c1-10-8-13(21-22(10)15(2,3)4)14(23)20-12-7-5-6-11(9-12)16(17,18)19/h5-9H,1-4H3,(H,20,23). The Morgan fingerprint density at radius 3 is 2.35 bits per heavy atom. The maximum Gasteiger partial charge on any atom is 0.416 e. The third-order valence-electron chi connectivity index (χ3n) is 3.20. The van der Waals surface area contributed by atoms with Crippen molar-refractivity contribution in [2.24, 2.45) is 0 Å². The molecule has 0 saturated heterocycles. The predicted octanol–water partition coefficient (Wildman–Crippen LogP) is 4.22. The number of amides is 1. The highest BCUT2D eigenvalue weighted by Crippen LogP contribution is 2.30. The zero-order valence-electron chi connectivity index (χ0n) is 13.3. The van der Waals surface area contributed by atoms with Gasteiger partial charge in [-0.3, -0.25) is 9.48 Å². The number of halogens is 3. The number of alkyl halides is 3. The maximum absolute atomic E-state index is 12.7. The van der Waals surface area contributed by atoms with Gasteiger partial charge in [0.15, 0.2) is 5.69 Å². The van der Waals surface area contributed by atoms with E-state index in [0.29, 0.717) is 0 Å². The second-order valence-electron chi connectivity index (χ2n) is 6.29. The smallest absolute Gasteiger partial charge is 0.321 e. The fourth-order valence-electron chi connectivity index (χ4n) is 2.23. The molecule has 0 aliphatic heterocycles. The largest absolute Gasteiger partial charge is 0.416 e. The first-order valence-corrected chi connectivity index (χ1v) is 7.04. The summed E-state index contributed by atoms with van der Waals surface area (Å²) in [5.74, 6) is -0.546. The Labute approximate surface area is 132 Å². The van der Waals surface area contributed by atoms with E-state index in [4.69, 9.17) is 0 Å². The summed E-state index contributed by atoms with van der Waals surface area (Å²) in [5.41, 5.74) is -0.0697. The zero-order valence-corrected chi connectivity index (χ0v) is 13.3. The van der Waals surface area contributed by atoms with E-state index in [9.17, 15) is 18.0 Å². The van der Waals surface area contributed by atoms with E-state index in [1.54, 1.807) is 10.7 Å². The van der Waals surface area contributed by atoms with Crippen molar-refractivity contribution in [3.8, 4) is 0 Å². The van der Waals surface area contributed by atoms with Crippen LogP contribution in [0.5, 0.6) is 0 Å². The molecule has 7 heteroatoms. The molecule has 1 amide bonds. The van der Waals surface area contributed by atoms with Gasteiger partial charge in [0.25, 0.3) is 5.91 Å². The fraction of sp³-hybridized carbons (Fsp3) is 0.375. The lowest BCUT2D eigenvalue weighted by atomic mass is 10.1. The maximum atomic E-state index is 12.7. The number of hydrogen-bond donors (Lipinski definition) is 1. The molecule has 1 N–H and O–H groups in total. The van der Waals surface area contributed by atoms with E-state index in [2.05, 4.69) is 10.4 Å². The van der Waals surface area contributed by atoms with Gasteiger partial charge in [-0.15, -0.1) is 0 Å². The van der Waals surface area contributed by atoms with Gasteiger partial charge < -0.3 is 5.32 Å². The van der Waals surface area contributed by atoms with E-state index in [1.165, 1.54) is 12.1 Å². The highest BCUT2D eigenvalue weighted by Gasteiger charge is 2.30. The van der Waals surface area contributed by atoms with E-state index in [-0.39, 0.29) is 16.9 Å². The van der Waals surface area contributed by atoms with Gasteiger partial charge in [-0.05, 0) is 52.0 Å². The average molecular weight is 325 g/mol. The summed E-state index contributed by atoms with van der Waals surface area (Å²) < 4.78 is 39.8. The topological polar surface area (TPSA) is 46.9 Å². The first-order valence-electron chi connectivity index (χ1n) is 7.04. The van der Waals surface area contributed by atoms with Crippen LogP contribution in [-0.2, 0) is 11.7 Å². The van der Waals surface area contributed by atoms with Crippen molar-refractivity contribution < 1.29 is 18.0 Å². The van der Waals surface area contributed by atoms with Crippen LogP contribution in [0.25, 0.3) is 0 Å². The quantitative estimate of drug-likeness (QED) is 0.899. The molecule has 0 radical (unpaired) electrons. The van der Waals surface area contributed by atoms with Crippen LogP contribution in [-0.4, -0.2) is 15.7 Å². The Hall–Kier alpha value is -2.31. The van der Waals surface area contributed by atoms with Crippen LogP contribution in [0.3, 0.4) is 0 Å². The zero-order chi connectivity index (χ0) is 17.4. The second kappa shape index (κ2) is 5.72. The highest BCUT2D eigenvalue weighted by molar-refractivity contribution is 6.02. The Balaban J connectivity index is 2.23. The highest BCUT2D eigenvalue weighted by atomic mass is 19.4. The minimum atomic E-state index is -4.45. The van der Waals surface area contributed by atoms with Crippen molar-refractivity contribution in [3.05, 3.63) is 47.3 Å². The SMILES string of the molecule is Cc1cc(C(=O)Nc2cccc(C(F)(F)F)c2)nn1C(C)(C)C. The number of rotatable bonds is 2. The van der Waals surface area contributed by atoms with Crippen LogP contribution in [0, 0.1) is 6.92 Å². The molecule has 1 aromatic heterocycles. The van der Waals surface area contributed by atoms with Crippen LogP contribution in [0.1, 0.15) is 42.5 Å². The number of nitrogens with zero attached hydrogens (tertiary/aromatic N) is 2. The van der Waals surface area contributed by atoms with Crippen LogP contribution in [0.2, 0.25) is 0 Å². The monoisotopic (exact) mass is 325 g/mol. The number of anilines is 1. The van der Waals surface area contributed by atoms with Crippen LogP contribution < -0.4 is 5.32 Å². The molecular weight excluding hydrogens is 307 g/mol. The van der Waals surface area contributed by atoms with Gasteiger partial charge in [-0.2, -0.15) is 18.3 Å². The normalized spacial score (nSPS) is 12.3. The molecule has 0 aliphatic rings. The molecule has 0 unspecified atom stereocenters. The Morgan fingerprint density at radius 2 is 1.83 bits per heavy atom. The molecule has 0 bridgehead atoms. The minimum absolute atomic E-state index is 0.0767. The molecule has 1 aromatic carbocycles. The summed E-state index contributed by atoms with van der Waals surface area (Å²) in [5, 5.41) is 6.68. The first-order chi connectivity index (χ1) is 10.5. The molecule has 1 heterocycles. The molecule has 2 rings (SSSR count). The molecule has 0 saturated carbocycles. The van der Waals surface area contributed by atoms with Crippen LogP contribution in [0.4, 0.5) is 18.9 Å². The first kappa shape index (κ1) is 17.1.